The summed E-state index contributed by atoms with van der Waals surface area (Å²) in [6.45, 7) is 4.71. The SMILES string of the molecule is CCOc1ccnc(NCCC2CCCCN2C)n1. The van der Waals surface area contributed by atoms with Crippen LogP contribution in [0.4, 0.5) is 5.95 Å². The zero-order valence-corrected chi connectivity index (χ0v) is 11.9. The molecule has 1 aromatic heterocycles. The lowest BCUT2D eigenvalue weighted by molar-refractivity contribution is 0.179. The van der Waals surface area contributed by atoms with E-state index in [4.69, 9.17) is 4.74 Å². The molecule has 2 rings (SSSR count). The highest BCUT2D eigenvalue weighted by molar-refractivity contribution is 5.27. The van der Waals surface area contributed by atoms with E-state index in [0.717, 1.165) is 13.0 Å². The number of likely N-dealkylation sites (tertiary alicyclic amines) is 1. The van der Waals surface area contributed by atoms with Gasteiger partial charge in [0.1, 0.15) is 0 Å². The van der Waals surface area contributed by atoms with Crippen LogP contribution in [0.5, 0.6) is 5.88 Å². The summed E-state index contributed by atoms with van der Waals surface area (Å²) in [4.78, 5) is 11.0. The van der Waals surface area contributed by atoms with Gasteiger partial charge in [-0.1, -0.05) is 6.42 Å². The Hall–Kier alpha value is -1.36. The third-order valence-electron chi connectivity index (χ3n) is 3.60. The van der Waals surface area contributed by atoms with Crippen molar-refractivity contribution in [3.8, 4) is 5.88 Å². The van der Waals surface area contributed by atoms with Gasteiger partial charge >= 0.3 is 0 Å². The molecule has 1 aliphatic rings. The van der Waals surface area contributed by atoms with E-state index in [1.165, 1.54) is 25.8 Å². The van der Waals surface area contributed by atoms with Gasteiger partial charge in [-0.3, -0.25) is 0 Å². The Balaban J connectivity index is 1.77. The maximum absolute atomic E-state index is 5.36. The van der Waals surface area contributed by atoms with E-state index in [1.54, 1.807) is 12.3 Å². The lowest BCUT2D eigenvalue weighted by Gasteiger charge is -2.32. The van der Waals surface area contributed by atoms with E-state index in [2.05, 4.69) is 27.2 Å². The standard InChI is InChI=1S/C14H24N4O/c1-3-19-13-8-10-16-14(17-13)15-9-7-12-6-4-5-11-18(12)2/h8,10,12H,3-7,9,11H2,1-2H3,(H,15,16,17). The molecule has 1 saturated heterocycles. The summed E-state index contributed by atoms with van der Waals surface area (Å²) in [5.74, 6) is 1.29. The molecule has 1 aliphatic heterocycles. The van der Waals surface area contributed by atoms with Crippen molar-refractivity contribution in [2.45, 2.75) is 38.6 Å². The Labute approximate surface area is 115 Å². The van der Waals surface area contributed by atoms with Crippen LogP contribution in [0.25, 0.3) is 0 Å². The second-order valence-corrected chi connectivity index (χ2v) is 5.00. The van der Waals surface area contributed by atoms with Crippen molar-refractivity contribution >= 4 is 5.95 Å². The summed E-state index contributed by atoms with van der Waals surface area (Å²) in [6, 6.07) is 2.47. The van der Waals surface area contributed by atoms with Gasteiger partial charge in [0.15, 0.2) is 0 Å². The van der Waals surface area contributed by atoms with Crippen LogP contribution in [0.15, 0.2) is 12.3 Å². The molecule has 106 valence electrons. The van der Waals surface area contributed by atoms with E-state index < -0.39 is 0 Å². The van der Waals surface area contributed by atoms with Gasteiger partial charge in [-0.05, 0) is 39.8 Å². The number of anilines is 1. The van der Waals surface area contributed by atoms with Gasteiger partial charge < -0.3 is 15.0 Å². The summed E-state index contributed by atoms with van der Waals surface area (Å²) in [5.41, 5.74) is 0. The predicted octanol–water partition coefficient (Wildman–Crippen LogP) is 2.16. The van der Waals surface area contributed by atoms with Crippen molar-refractivity contribution in [1.29, 1.82) is 0 Å². The summed E-state index contributed by atoms with van der Waals surface area (Å²) < 4.78 is 5.36. The number of hydrogen-bond acceptors (Lipinski definition) is 5. The van der Waals surface area contributed by atoms with Crippen LogP contribution in [0.3, 0.4) is 0 Å². The molecule has 0 amide bonds. The van der Waals surface area contributed by atoms with Crippen LogP contribution in [0.1, 0.15) is 32.6 Å². The lowest BCUT2D eigenvalue weighted by atomic mass is 10.0. The van der Waals surface area contributed by atoms with E-state index in [-0.39, 0.29) is 0 Å². The number of rotatable bonds is 6. The first-order valence-corrected chi connectivity index (χ1v) is 7.19. The topological polar surface area (TPSA) is 50.3 Å². The summed E-state index contributed by atoms with van der Waals surface area (Å²) in [5, 5.41) is 3.28. The molecular formula is C14H24N4O. The monoisotopic (exact) mass is 264 g/mol. The summed E-state index contributed by atoms with van der Waals surface area (Å²) in [7, 11) is 2.22. The molecule has 5 heteroatoms. The second kappa shape index (κ2) is 7.28. The molecule has 2 heterocycles. The van der Waals surface area contributed by atoms with Crippen LogP contribution in [-0.2, 0) is 0 Å². The molecule has 1 unspecified atom stereocenters. The molecular weight excluding hydrogens is 240 g/mol. The van der Waals surface area contributed by atoms with E-state index in [1.807, 2.05) is 6.92 Å². The smallest absolute Gasteiger partial charge is 0.225 e. The molecule has 0 bridgehead atoms. The van der Waals surface area contributed by atoms with Gasteiger partial charge in [-0.2, -0.15) is 4.98 Å². The first-order chi connectivity index (χ1) is 9.29. The van der Waals surface area contributed by atoms with Gasteiger partial charge in [-0.25, -0.2) is 4.98 Å². The van der Waals surface area contributed by atoms with Gasteiger partial charge in [-0.15, -0.1) is 0 Å². The van der Waals surface area contributed by atoms with Crippen LogP contribution >= 0.6 is 0 Å². The van der Waals surface area contributed by atoms with Gasteiger partial charge in [0.25, 0.3) is 0 Å². The molecule has 19 heavy (non-hydrogen) atoms. The van der Waals surface area contributed by atoms with E-state index in [9.17, 15) is 0 Å². The van der Waals surface area contributed by atoms with Gasteiger partial charge in [0, 0.05) is 24.8 Å². The Kier molecular flexibility index (Phi) is 5.39. The van der Waals surface area contributed by atoms with Crippen molar-refractivity contribution in [3.63, 3.8) is 0 Å². The number of ether oxygens (including phenoxy) is 1. The first kappa shape index (κ1) is 14.1. The molecule has 0 aliphatic carbocycles. The Morgan fingerprint density at radius 2 is 2.37 bits per heavy atom. The number of piperidine rings is 1. The predicted molar refractivity (Wildman–Crippen MR) is 76.6 cm³/mol. The summed E-state index contributed by atoms with van der Waals surface area (Å²) >= 11 is 0. The third kappa shape index (κ3) is 4.35. The number of aromatic nitrogens is 2. The van der Waals surface area contributed by atoms with Crippen molar-refractivity contribution in [1.82, 2.24) is 14.9 Å². The number of hydrogen-bond donors (Lipinski definition) is 1. The van der Waals surface area contributed by atoms with Gasteiger partial charge in [0.05, 0.1) is 6.61 Å². The molecule has 1 atom stereocenters. The molecule has 0 saturated carbocycles. The first-order valence-electron chi connectivity index (χ1n) is 7.19. The van der Waals surface area contributed by atoms with E-state index >= 15 is 0 Å². The minimum atomic E-state index is 0.628. The molecule has 1 N–H and O–H groups in total. The van der Waals surface area contributed by atoms with Crippen molar-refractivity contribution in [3.05, 3.63) is 12.3 Å². The fraction of sp³-hybridized carbons (Fsp3) is 0.714. The number of nitrogens with zero attached hydrogens (tertiary/aromatic N) is 3. The summed E-state index contributed by atoms with van der Waals surface area (Å²) in [6.07, 6.45) is 6.86. The minimum Gasteiger partial charge on any atom is -0.478 e. The van der Waals surface area contributed by atoms with Crippen LogP contribution in [0.2, 0.25) is 0 Å². The van der Waals surface area contributed by atoms with Crippen molar-refractivity contribution < 1.29 is 4.74 Å². The lowest BCUT2D eigenvalue weighted by Crippen LogP contribution is -2.37. The fourth-order valence-electron chi connectivity index (χ4n) is 2.52. The van der Waals surface area contributed by atoms with Crippen LogP contribution in [-0.4, -0.2) is 47.7 Å². The molecule has 5 nitrogen and oxygen atoms in total. The zero-order chi connectivity index (χ0) is 13.5. The Bertz CT molecular complexity index is 385. The van der Waals surface area contributed by atoms with E-state index in [0.29, 0.717) is 24.5 Å². The fourth-order valence-corrected chi connectivity index (χ4v) is 2.52. The third-order valence-corrected chi connectivity index (χ3v) is 3.60. The highest BCUT2D eigenvalue weighted by Gasteiger charge is 2.18. The quantitative estimate of drug-likeness (QED) is 0.853. The average Bonchev–Trinajstić information content (AvgIpc) is 2.42. The minimum absolute atomic E-state index is 0.628. The average molecular weight is 264 g/mol. The van der Waals surface area contributed by atoms with Crippen LogP contribution < -0.4 is 10.1 Å². The van der Waals surface area contributed by atoms with Crippen molar-refractivity contribution in [2.24, 2.45) is 0 Å². The molecule has 0 radical (unpaired) electrons. The highest BCUT2D eigenvalue weighted by atomic mass is 16.5. The molecule has 1 fully saturated rings. The molecule has 0 spiro atoms. The van der Waals surface area contributed by atoms with Crippen LogP contribution in [0, 0.1) is 0 Å². The Morgan fingerprint density at radius 1 is 1.47 bits per heavy atom. The molecule has 1 aromatic rings. The highest BCUT2D eigenvalue weighted by Crippen LogP contribution is 2.17. The van der Waals surface area contributed by atoms with Gasteiger partial charge in [0.2, 0.25) is 11.8 Å². The van der Waals surface area contributed by atoms with Crippen molar-refractivity contribution in [2.75, 3.05) is 32.1 Å². The zero-order valence-electron chi connectivity index (χ0n) is 11.9. The maximum Gasteiger partial charge on any atom is 0.225 e. The Morgan fingerprint density at radius 3 is 3.16 bits per heavy atom. The number of nitrogens with one attached hydrogen (secondary N) is 1. The second-order valence-electron chi connectivity index (χ2n) is 5.00. The normalized spacial score (nSPS) is 20.2. The molecule has 0 aromatic carbocycles. The largest absolute Gasteiger partial charge is 0.478 e. The maximum atomic E-state index is 5.36.